The molecule has 0 aliphatic carbocycles. The number of nitrogens with zero attached hydrogens (tertiary/aromatic N) is 1. The smallest absolute Gasteiger partial charge is 0.462 e. The zero-order valence-corrected chi connectivity index (χ0v) is 35.5. The molecule has 0 saturated heterocycles. The van der Waals surface area contributed by atoms with E-state index in [4.69, 9.17) is 18.5 Å². The van der Waals surface area contributed by atoms with Gasteiger partial charge in [-0.2, -0.15) is 0 Å². The summed E-state index contributed by atoms with van der Waals surface area (Å²) in [4.78, 5) is 35.3. The molecule has 0 saturated carbocycles. The number of phosphoric ester groups is 1. The lowest BCUT2D eigenvalue weighted by molar-refractivity contribution is -0.870. The summed E-state index contributed by atoms with van der Waals surface area (Å²) in [6.45, 7) is 4.42. The largest absolute Gasteiger partial charge is 0.472 e. The number of ether oxygens (including phenoxy) is 2. The third kappa shape index (κ3) is 38.5. The quantitative estimate of drug-likeness (QED) is 0.0217. The van der Waals surface area contributed by atoms with Gasteiger partial charge in [0.1, 0.15) is 19.8 Å². The molecule has 0 aromatic rings. The van der Waals surface area contributed by atoms with Gasteiger partial charge in [-0.05, 0) is 38.5 Å². The molecule has 0 bridgehead atoms. The lowest BCUT2D eigenvalue weighted by Gasteiger charge is -2.24. The van der Waals surface area contributed by atoms with Gasteiger partial charge in [-0.3, -0.25) is 18.6 Å². The van der Waals surface area contributed by atoms with E-state index >= 15 is 0 Å². The van der Waals surface area contributed by atoms with E-state index in [0.29, 0.717) is 23.9 Å². The number of allylic oxidation sites excluding steroid dienone is 2. The topological polar surface area (TPSA) is 108 Å². The molecule has 0 rings (SSSR count). The molecule has 0 aliphatic heterocycles. The van der Waals surface area contributed by atoms with Gasteiger partial charge in [0.05, 0.1) is 27.7 Å². The summed E-state index contributed by atoms with van der Waals surface area (Å²) in [6, 6.07) is 0. The average Bonchev–Trinajstić information content (AvgIpc) is 3.09. The third-order valence-electron chi connectivity index (χ3n) is 9.30. The highest BCUT2D eigenvalue weighted by atomic mass is 31.2. The molecule has 2 atom stereocenters. The Kier molecular flexibility index (Phi) is 34.6. The van der Waals surface area contributed by atoms with Crippen molar-refractivity contribution in [2.45, 2.75) is 200 Å². The molecule has 0 radical (unpaired) electrons. The first-order valence-corrected chi connectivity index (χ1v) is 22.9. The zero-order chi connectivity index (χ0) is 38.6. The molecular formula is C42H83NO8P+. The number of carbonyl (C=O) groups excluding carboxylic acids is 2. The second kappa shape index (κ2) is 35.5. The molecule has 1 unspecified atom stereocenters. The Morgan fingerprint density at radius 1 is 0.577 bits per heavy atom. The Bertz CT molecular complexity index is 907. The van der Waals surface area contributed by atoms with E-state index in [1.54, 1.807) is 0 Å². The second-order valence-electron chi connectivity index (χ2n) is 15.7. The van der Waals surface area contributed by atoms with E-state index < -0.39 is 26.5 Å². The fraction of sp³-hybridized carbons (Fsp3) is 0.905. The molecule has 9 nitrogen and oxygen atoms in total. The third-order valence-corrected chi connectivity index (χ3v) is 10.3. The Morgan fingerprint density at radius 2 is 0.981 bits per heavy atom. The maximum atomic E-state index is 12.7. The Morgan fingerprint density at radius 3 is 1.42 bits per heavy atom. The van der Waals surface area contributed by atoms with Gasteiger partial charge in [0, 0.05) is 12.8 Å². The van der Waals surface area contributed by atoms with E-state index in [9.17, 15) is 19.0 Å². The fourth-order valence-electron chi connectivity index (χ4n) is 5.89. The van der Waals surface area contributed by atoms with Crippen molar-refractivity contribution >= 4 is 19.8 Å². The van der Waals surface area contributed by atoms with Crippen LogP contribution >= 0.6 is 7.82 Å². The average molecular weight is 761 g/mol. The number of hydrogen-bond acceptors (Lipinski definition) is 7. The molecule has 52 heavy (non-hydrogen) atoms. The number of phosphoric acid groups is 1. The molecule has 10 heteroatoms. The van der Waals surface area contributed by atoms with Crippen LogP contribution in [0.1, 0.15) is 194 Å². The van der Waals surface area contributed by atoms with Crippen LogP contribution in [0.4, 0.5) is 0 Å². The van der Waals surface area contributed by atoms with Crippen molar-refractivity contribution in [2.24, 2.45) is 0 Å². The lowest BCUT2D eigenvalue weighted by Crippen LogP contribution is -2.37. The molecule has 0 aromatic heterocycles. The van der Waals surface area contributed by atoms with Crippen molar-refractivity contribution in [3.8, 4) is 0 Å². The van der Waals surface area contributed by atoms with Gasteiger partial charge in [0.2, 0.25) is 0 Å². The summed E-state index contributed by atoms with van der Waals surface area (Å²) in [6.07, 6.45) is 35.4. The monoisotopic (exact) mass is 761 g/mol. The summed E-state index contributed by atoms with van der Waals surface area (Å²) < 4.78 is 34.2. The Hall–Kier alpha value is -1.25. The highest BCUT2D eigenvalue weighted by Gasteiger charge is 2.27. The van der Waals surface area contributed by atoms with E-state index in [1.165, 1.54) is 109 Å². The van der Waals surface area contributed by atoms with Gasteiger partial charge in [-0.15, -0.1) is 0 Å². The number of unbranched alkanes of at least 4 members (excludes halogenated alkanes) is 23. The van der Waals surface area contributed by atoms with Crippen molar-refractivity contribution in [2.75, 3.05) is 47.5 Å². The minimum Gasteiger partial charge on any atom is -0.462 e. The molecule has 0 amide bonds. The van der Waals surface area contributed by atoms with Gasteiger partial charge >= 0.3 is 19.8 Å². The van der Waals surface area contributed by atoms with Gasteiger partial charge in [-0.1, -0.05) is 154 Å². The second-order valence-corrected chi connectivity index (χ2v) is 17.2. The van der Waals surface area contributed by atoms with Crippen LogP contribution in [0.25, 0.3) is 0 Å². The molecule has 0 aromatic carbocycles. The van der Waals surface area contributed by atoms with Crippen molar-refractivity contribution in [1.82, 2.24) is 0 Å². The van der Waals surface area contributed by atoms with Gasteiger partial charge in [0.25, 0.3) is 0 Å². The molecule has 1 N–H and O–H groups in total. The number of carbonyl (C=O) groups is 2. The molecule has 308 valence electrons. The van der Waals surface area contributed by atoms with Crippen molar-refractivity contribution in [1.29, 1.82) is 0 Å². The van der Waals surface area contributed by atoms with Crippen molar-refractivity contribution < 1.29 is 42.1 Å². The maximum absolute atomic E-state index is 12.7. The summed E-state index contributed by atoms with van der Waals surface area (Å²) in [5.74, 6) is -0.801. The normalized spacial score (nSPS) is 13.7. The lowest BCUT2D eigenvalue weighted by atomic mass is 10.0. The number of esters is 2. The minimum absolute atomic E-state index is 0.0330. The molecule has 0 heterocycles. The standard InChI is InChI=1S/C42H82NO8P/c1-6-8-10-12-14-16-18-20-21-22-23-25-27-29-31-33-35-42(45)51-40(39-50-52(46,47)49-37-36-43(3,4)5)38-48-41(44)34-32-30-28-26-24-19-17-15-13-11-9-7-2/h21-22,40H,6-20,23-39H2,1-5H3/p+1/b22-21-/t40-/m1/s1. The highest BCUT2D eigenvalue weighted by molar-refractivity contribution is 7.47. The van der Waals surface area contributed by atoms with Gasteiger partial charge in [-0.25, -0.2) is 4.57 Å². The van der Waals surface area contributed by atoms with E-state index in [0.717, 1.165) is 51.4 Å². The van der Waals surface area contributed by atoms with Crippen LogP contribution in [0.3, 0.4) is 0 Å². The summed E-state index contributed by atoms with van der Waals surface area (Å²) in [5.41, 5.74) is 0. The minimum atomic E-state index is -4.37. The van der Waals surface area contributed by atoms with Crippen LogP contribution in [0.2, 0.25) is 0 Å². The van der Waals surface area contributed by atoms with Gasteiger partial charge in [0.15, 0.2) is 6.10 Å². The summed E-state index contributed by atoms with van der Waals surface area (Å²) >= 11 is 0. The molecule has 0 fully saturated rings. The van der Waals surface area contributed by atoms with E-state index in [1.807, 2.05) is 21.1 Å². The highest BCUT2D eigenvalue weighted by Crippen LogP contribution is 2.43. The first kappa shape index (κ1) is 50.8. The van der Waals surface area contributed by atoms with Gasteiger partial charge < -0.3 is 18.9 Å². The zero-order valence-electron chi connectivity index (χ0n) is 34.6. The number of likely N-dealkylation sites (N-methyl/N-ethyl adjacent to an activating group) is 1. The Labute approximate surface area is 320 Å². The number of rotatable bonds is 39. The van der Waals surface area contributed by atoms with Crippen molar-refractivity contribution in [3.63, 3.8) is 0 Å². The SMILES string of the molecule is CCCCCCCCC/C=C\CCCCCCCC(=O)O[C@H](COC(=O)CCCCCCCCCCCCCC)COP(=O)(O)OCC[N+](C)(C)C. The first-order valence-electron chi connectivity index (χ1n) is 21.4. The molecular weight excluding hydrogens is 677 g/mol. The van der Waals surface area contributed by atoms with E-state index in [-0.39, 0.29) is 25.6 Å². The fourth-order valence-corrected chi connectivity index (χ4v) is 6.63. The Balaban J connectivity index is 4.37. The van der Waals surface area contributed by atoms with Crippen LogP contribution in [-0.2, 0) is 32.7 Å². The first-order chi connectivity index (χ1) is 25.0. The van der Waals surface area contributed by atoms with Crippen LogP contribution in [-0.4, -0.2) is 74.9 Å². The molecule has 0 spiro atoms. The molecule has 0 aliphatic rings. The number of hydrogen-bond donors (Lipinski definition) is 1. The van der Waals surface area contributed by atoms with Crippen LogP contribution in [0.5, 0.6) is 0 Å². The predicted molar refractivity (Wildman–Crippen MR) is 215 cm³/mol. The van der Waals surface area contributed by atoms with Crippen LogP contribution < -0.4 is 0 Å². The van der Waals surface area contributed by atoms with E-state index in [2.05, 4.69) is 26.0 Å². The van der Waals surface area contributed by atoms with Crippen LogP contribution in [0.15, 0.2) is 12.2 Å². The predicted octanol–water partition coefficient (Wildman–Crippen LogP) is 11.8. The van der Waals surface area contributed by atoms with Crippen LogP contribution in [0, 0.1) is 0 Å². The maximum Gasteiger partial charge on any atom is 0.472 e. The van der Waals surface area contributed by atoms with Crippen molar-refractivity contribution in [3.05, 3.63) is 12.2 Å². The number of quaternary nitrogens is 1. The summed E-state index contributed by atoms with van der Waals surface area (Å²) in [5, 5.41) is 0. The summed E-state index contributed by atoms with van der Waals surface area (Å²) in [7, 11) is 1.48.